The normalized spacial score (nSPS) is 15.0. The first-order valence-corrected chi connectivity index (χ1v) is 6.04. The van der Waals surface area contributed by atoms with E-state index in [1.165, 1.54) is 10.7 Å². The standard InChI is InChI=1S/C12H12ClFN4/c13-7-3-4-8(9(14)5-7)10-11(15)18(16)12(17-10)6-1-2-6/h3-6H,1-2,15-16H2. The number of benzene rings is 1. The minimum atomic E-state index is -0.449. The molecule has 1 heterocycles. The summed E-state index contributed by atoms with van der Waals surface area (Å²) in [5, 5.41) is 0.337. The number of aromatic nitrogens is 2. The quantitative estimate of drug-likeness (QED) is 0.821. The van der Waals surface area contributed by atoms with Crippen molar-refractivity contribution in [3.05, 3.63) is 34.9 Å². The number of halogens is 2. The van der Waals surface area contributed by atoms with Gasteiger partial charge in [-0.15, -0.1) is 0 Å². The van der Waals surface area contributed by atoms with Gasteiger partial charge in [0, 0.05) is 16.5 Å². The third-order valence-corrected chi connectivity index (χ3v) is 3.34. The van der Waals surface area contributed by atoms with Crippen LogP contribution >= 0.6 is 11.6 Å². The molecule has 3 rings (SSSR count). The second-order valence-corrected chi connectivity index (χ2v) is 4.91. The van der Waals surface area contributed by atoms with Crippen LogP contribution in [0.2, 0.25) is 5.02 Å². The van der Waals surface area contributed by atoms with Gasteiger partial charge in [-0.3, -0.25) is 0 Å². The molecule has 1 aliphatic rings. The Hall–Kier alpha value is -1.75. The zero-order valence-corrected chi connectivity index (χ0v) is 10.3. The lowest BCUT2D eigenvalue weighted by Gasteiger charge is -2.02. The lowest BCUT2D eigenvalue weighted by Crippen LogP contribution is -2.14. The predicted molar refractivity (Wildman–Crippen MR) is 69.2 cm³/mol. The van der Waals surface area contributed by atoms with E-state index in [-0.39, 0.29) is 5.82 Å². The van der Waals surface area contributed by atoms with Gasteiger partial charge < -0.3 is 11.6 Å². The minimum absolute atomic E-state index is 0.276. The van der Waals surface area contributed by atoms with Gasteiger partial charge in [0.2, 0.25) is 0 Å². The summed E-state index contributed by atoms with van der Waals surface area (Å²) in [6, 6.07) is 4.40. The summed E-state index contributed by atoms with van der Waals surface area (Å²) in [4.78, 5) is 4.36. The average Bonchev–Trinajstić information content (AvgIpc) is 3.11. The molecule has 1 aliphatic carbocycles. The number of hydrogen-bond donors (Lipinski definition) is 2. The summed E-state index contributed by atoms with van der Waals surface area (Å²) >= 11 is 5.72. The molecular weight excluding hydrogens is 255 g/mol. The fourth-order valence-electron chi connectivity index (χ4n) is 1.97. The van der Waals surface area contributed by atoms with Crippen molar-refractivity contribution in [2.45, 2.75) is 18.8 Å². The number of nitrogen functional groups attached to an aromatic ring is 2. The molecule has 6 heteroatoms. The van der Waals surface area contributed by atoms with Crippen LogP contribution in [0.4, 0.5) is 10.2 Å². The molecule has 0 amide bonds. The van der Waals surface area contributed by atoms with E-state index in [4.69, 9.17) is 23.2 Å². The lowest BCUT2D eigenvalue weighted by atomic mass is 10.1. The van der Waals surface area contributed by atoms with Crippen LogP contribution in [0.1, 0.15) is 24.6 Å². The molecule has 1 fully saturated rings. The first kappa shape index (κ1) is 11.3. The zero-order valence-electron chi connectivity index (χ0n) is 9.53. The smallest absolute Gasteiger partial charge is 0.150 e. The maximum Gasteiger partial charge on any atom is 0.150 e. The van der Waals surface area contributed by atoms with Crippen molar-refractivity contribution in [1.82, 2.24) is 9.66 Å². The molecule has 1 saturated carbocycles. The molecule has 1 aromatic carbocycles. The van der Waals surface area contributed by atoms with Gasteiger partial charge in [0.05, 0.1) is 0 Å². The van der Waals surface area contributed by atoms with Crippen molar-refractivity contribution in [2.24, 2.45) is 0 Å². The molecule has 0 atom stereocenters. The molecule has 0 unspecified atom stereocenters. The highest BCUT2D eigenvalue weighted by Gasteiger charge is 2.31. The van der Waals surface area contributed by atoms with Crippen molar-refractivity contribution in [1.29, 1.82) is 0 Å². The van der Waals surface area contributed by atoms with E-state index in [1.54, 1.807) is 12.1 Å². The lowest BCUT2D eigenvalue weighted by molar-refractivity contribution is 0.631. The largest absolute Gasteiger partial charge is 0.382 e. The monoisotopic (exact) mass is 266 g/mol. The Balaban J connectivity index is 2.13. The van der Waals surface area contributed by atoms with E-state index in [2.05, 4.69) is 4.98 Å². The van der Waals surface area contributed by atoms with E-state index in [0.29, 0.717) is 22.2 Å². The third kappa shape index (κ3) is 1.71. The van der Waals surface area contributed by atoms with Crippen molar-refractivity contribution in [3.8, 4) is 11.3 Å². The van der Waals surface area contributed by atoms with Crippen LogP contribution in [0.25, 0.3) is 11.3 Å². The fourth-order valence-corrected chi connectivity index (χ4v) is 2.13. The van der Waals surface area contributed by atoms with Gasteiger partial charge in [0.15, 0.2) is 5.82 Å². The van der Waals surface area contributed by atoms with Gasteiger partial charge >= 0.3 is 0 Å². The summed E-state index contributed by atoms with van der Waals surface area (Å²) in [5.41, 5.74) is 6.59. The van der Waals surface area contributed by atoms with Crippen LogP contribution in [0.3, 0.4) is 0 Å². The SMILES string of the molecule is Nc1c(-c2ccc(Cl)cc2F)nc(C2CC2)n1N. The van der Waals surface area contributed by atoms with E-state index in [9.17, 15) is 4.39 Å². The highest BCUT2D eigenvalue weighted by molar-refractivity contribution is 6.30. The molecule has 1 aromatic heterocycles. The minimum Gasteiger partial charge on any atom is -0.382 e. The maximum atomic E-state index is 13.8. The number of imidazole rings is 1. The first-order valence-electron chi connectivity index (χ1n) is 5.66. The van der Waals surface area contributed by atoms with Crippen LogP contribution in [0.5, 0.6) is 0 Å². The summed E-state index contributed by atoms with van der Waals surface area (Å²) in [6.45, 7) is 0. The topological polar surface area (TPSA) is 69.9 Å². The fraction of sp³-hybridized carbons (Fsp3) is 0.250. The van der Waals surface area contributed by atoms with Crippen LogP contribution < -0.4 is 11.6 Å². The number of hydrogen-bond acceptors (Lipinski definition) is 3. The molecule has 4 N–H and O–H groups in total. The summed E-state index contributed by atoms with van der Waals surface area (Å²) < 4.78 is 15.2. The Labute approximate surface area is 108 Å². The maximum absolute atomic E-state index is 13.8. The molecule has 94 valence electrons. The van der Waals surface area contributed by atoms with E-state index >= 15 is 0 Å². The number of nitrogens with zero attached hydrogens (tertiary/aromatic N) is 2. The van der Waals surface area contributed by atoms with Gasteiger partial charge in [0.25, 0.3) is 0 Å². The van der Waals surface area contributed by atoms with Crippen molar-refractivity contribution >= 4 is 17.4 Å². The summed E-state index contributed by atoms with van der Waals surface area (Å²) in [7, 11) is 0. The zero-order chi connectivity index (χ0) is 12.9. The molecule has 0 saturated heterocycles. The van der Waals surface area contributed by atoms with E-state index < -0.39 is 5.82 Å². The highest BCUT2D eigenvalue weighted by Crippen LogP contribution is 2.41. The number of nitrogens with two attached hydrogens (primary N) is 2. The average molecular weight is 267 g/mol. The Morgan fingerprint density at radius 2 is 2.11 bits per heavy atom. The van der Waals surface area contributed by atoms with Crippen LogP contribution in [-0.4, -0.2) is 9.66 Å². The summed E-state index contributed by atoms with van der Waals surface area (Å²) in [6.07, 6.45) is 2.10. The highest BCUT2D eigenvalue weighted by atomic mass is 35.5. The van der Waals surface area contributed by atoms with Gasteiger partial charge in [-0.1, -0.05) is 11.6 Å². The van der Waals surface area contributed by atoms with Crippen molar-refractivity contribution in [2.75, 3.05) is 11.6 Å². The third-order valence-electron chi connectivity index (χ3n) is 3.10. The van der Waals surface area contributed by atoms with Crippen LogP contribution in [-0.2, 0) is 0 Å². The Morgan fingerprint density at radius 3 is 2.72 bits per heavy atom. The van der Waals surface area contributed by atoms with Crippen LogP contribution in [0, 0.1) is 5.82 Å². The molecular formula is C12H12ClFN4. The molecule has 2 aromatic rings. The first-order chi connectivity index (χ1) is 8.58. The summed E-state index contributed by atoms with van der Waals surface area (Å²) in [5.74, 6) is 6.74. The van der Waals surface area contributed by atoms with E-state index in [1.807, 2.05) is 0 Å². The van der Waals surface area contributed by atoms with E-state index in [0.717, 1.165) is 18.7 Å². The molecule has 0 radical (unpaired) electrons. The van der Waals surface area contributed by atoms with Gasteiger partial charge in [-0.2, -0.15) is 0 Å². The van der Waals surface area contributed by atoms with Crippen LogP contribution in [0.15, 0.2) is 18.2 Å². The van der Waals surface area contributed by atoms with Crippen molar-refractivity contribution in [3.63, 3.8) is 0 Å². The van der Waals surface area contributed by atoms with Gasteiger partial charge in [0.1, 0.15) is 17.3 Å². The Kier molecular flexibility index (Phi) is 2.45. The molecule has 0 aliphatic heterocycles. The second kappa shape index (κ2) is 3.88. The Morgan fingerprint density at radius 1 is 1.39 bits per heavy atom. The van der Waals surface area contributed by atoms with Gasteiger partial charge in [-0.05, 0) is 31.0 Å². The molecule has 0 spiro atoms. The van der Waals surface area contributed by atoms with Crippen molar-refractivity contribution < 1.29 is 4.39 Å². The predicted octanol–water partition coefficient (Wildman–Crippen LogP) is 2.52. The number of anilines is 1. The molecule has 18 heavy (non-hydrogen) atoms. The number of rotatable bonds is 2. The second-order valence-electron chi connectivity index (χ2n) is 4.47. The Bertz CT molecular complexity index is 619. The van der Waals surface area contributed by atoms with Gasteiger partial charge in [-0.25, -0.2) is 14.1 Å². The molecule has 0 bridgehead atoms. The molecule has 4 nitrogen and oxygen atoms in total.